The fourth-order valence-corrected chi connectivity index (χ4v) is 3.19. The number of ether oxygens (including phenoxy) is 2. The van der Waals surface area contributed by atoms with Crippen LogP contribution in [-0.2, 0) is 9.53 Å². The first-order chi connectivity index (χ1) is 13.8. The van der Waals surface area contributed by atoms with Gasteiger partial charge in [0.15, 0.2) is 6.10 Å². The van der Waals surface area contributed by atoms with Crippen LogP contribution in [0.5, 0.6) is 5.75 Å². The minimum atomic E-state index is -0.822. The summed E-state index contributed by atoms with van der Waals surface area (Å²) in [5.74, 6) is 0.283. The van der Waals surface area contributed by atoms with Crippen LogP contribution >= 0.6 is 27.5 Å². The number of hydrogen-bond acceptors (Lipinski definition) is 6. The van der Waals surface area contributed by atoms with Crippen LogP contribution < -0.4 is 10.3 Å². The Morgan fingerprint density at radius 2 is 2.07 bits per heavy atom. The fourth-order valence-electron chi connectivity index (χ4n) is 2.65. The highest BCUT2D eigenvalue weighted by Crippen LogP contribution is 2.23. The van der Waals surface area contributed by atoms with Crippen molar-refractivity contribution in [1.29, 1.82) is 0 Å². The number of hydrogen-bond donors (Lipinski definition) is 0. The van der Waals surface area contributed by atoms with Crippen molar-refractivity contribution in [3.8, 4) is 5.75 Å². The van der Waals surface area contributed by atoms with Crippen LogP contribution in [0.4, 0.5) is 0 Å². The zero-order chi connectivity index (χ0) is 21.1. The lowest BCUT2D eigenvalue weighted by molar-refractivity contribution is -0.147. The standard InChI is InChI=1S/C20H17BrClN3O4/c1-11(20(27)28-3)29-18-7-5-15(22)8-13(18)10-23-25-12(2)24-17-6-4-14(21)9-16(17)19(25)26/h4-11H,1-3H3/t11-/m1/s1. The van der Waals surface area contributed by atoms with Crippen LogP contribution in [0.15, 0.2) is 50.8 Å². The van der Waals surface area contributed by atoms with Crippen molar-refractivity contribution in [2.75, 3.05) is 7.11 Å². The molecule has 0 unspecified atom stereocenters. The molecule has 2 aromatic carbocycles. The molecule has 1 atom stereocenters. The molecule has 150 valence electrons. The molecule has 0 aliphatic carbocycles. The molecule has 0 fully saturated rings. The number of aryl methyl sites for hydroxylation is 1. The third-order valence-corrected chi connectivity index (χ3v) is 4.82. The summed E-state index contributed by atoms with van der Waals surface area (Å²) in [6.45, 7) is 3.26. The summed E-state index contributed by atoms with van der Waals surface area (Å²) in [6.07, 6.45) is 0.614. The van der Waals surface area contributed by atoms with Gasteiger partial charge in [0.25, 0.3) is 5.56 Å². The molecule has 0 saturated carbocycles. The highest BCUT2D eigenvalue weighted by atomic mass is 79.9. The third kappa shape index (κ3) is 4.65. The molecule has 29 heavy (non-hydrogen) atoms. The van der Waals surface area contributed by atoms with Gasteiger partial charge in [0.2, 0.25) is 0 Å². The molecule has 0 spiro atoms. The molecule has 3 rings (SSSR count). The third-order valence-electron chi connectivity index (χ3n) is 4.09. The van der Waals surface area contributed by atoms with Gasteiger partial charge >= 0.3 is 5.97 Å². The van der Waals surface area contributed by atoms with Gasteiger partial charge in [-0.1, -0.05) is 27.5 Å². The second kappa shape index (κ2) is 8.75. The topological polar surface area (TPSA) is 82.8 Å². The molecular weight excluding hydrogens is 462 g/mol. The van der Waals surface area contributed by atoms with Crippen molar-refractivity contribution in [2.45, 2.75) is 20.0 Å². The number of benzene rings is 2. The molecule has 7 nitrogen and oxygen atoms in total. The van der Waals surface area contributed by atoms with Crippen LogP contribution in [-0.4, -0.2) is 35.1 Å². The first-order valence-corrected chi connectivity index (χ1v) is 9.74. The molecule has 0 saturated heterocycles. The van der Waals surface area contributed by atoms with Crippen LogP contribution in [0.2, 0.25) is 5.02 Å². The molecule has 0 aliphatic heterocycles. The Labute approximate surface area is 180 Å². The van der Waals surface area contributed by atoms with E-state index in [0.29, 0.717) is 33.1 Å². The SMILES string of the molecule is COC(=O)[C@@H](C)Oc1ccc(Cl)cc1C=Nn1c(C)nc2ccc(Br)cc2c1=O. The number of halogens is 2. The zero-order valence-electron chi connectivity index (χ0n) is 15.8. The maximum atomic E-state index is 12.9. The predicted molar refractivity (Wildman–Crippen MR) is 115 cm³/mol. The van der Waals surface area contributed by atoms with Crippen molar-refractivity contribution < 1.29 is 14.3 Å². The Bertz CT molecular complexity index is 1180. The van der Waals surface area contributed by atoms with E-state index in [9.17, 15) is 9.59 Å². The summed E-state index contributed by atoms with van der Waals surface area (Å²) >= 11 is 9.45. The summed E-state index contributed by atoms with van der Waals surface area (Å²) in [7, 11) is 1.28. The fraction of sp³-hybridized carbons (Fsp3) is 0.200. The number of rotatable bonds is 5. The maximum Gasteiger partial charge on any atom is 0.346 e. The van der Waals surface area contributed by atoms with Crippen molar-refractivity contribution in [3.63, 3.8) is 0 Å². The smallest absolute Gasteiger partial charge is 0.346 e. The lowest BCUT2D eigenvalue weighted by atomic mass is 10.2. The average Bonchev–Trinajstić information content (AvgIpc) is 2.69. The summed E-state index contributed by atoms with van der Waals surface area (Å²) in [6, 6.07) is 10.1. The number of methoxy groups -OCH3 is 1. The Kier molecular flexibility index (Phi) is 6.34. The molecule has 0 aliphatic rings. The number of carbonyl (C=O) groups is 1. The van der Waals surface area contributed by atoms with Crippen LogP contribution in [0.25, 0.3) is 10.9 Å². The number of esters is 1. The summed E-state index contributed by atoms with van der Waals surface area (Å²) in [4.78, 5) is 28.9. The average molecular weight is 479 g/mol. The summed E-state index contributed by atoms with van der Waals surface area (Å²) in [5, 5.41) is 5.16. The molecular formula is C20H17BrClN3O4. The minimum Gasteiger partial charge on any atom is -0.478 e. The van der Waals surface area contributed by atoms with Gasteiger partial charge in [-0.15, -0.1) is 0 Å². The molecule has 9 heteroatoms. The monoisotopic (exact) mass is 477 g/mol. The van der Waals surface area contributed by atoms with Crippen molar-refractivity contribution in [2.24, 2.45) is 5.10 Å². The van der Waals surface area contributed by atoms with Gasteiger partial charge in [-0.25, -0.2) is 9.78 Å². The number of fused-ring (bicyclic) bond motifs is 1. The Balaban J connectivity index is 2.03. The van der Waals surface area contributed by atoms with Crippen molar-refractivity contribution in [3.05, 3.63) is 67.6 Å². The molecule has 0 bridgehead atoms. The van der Waals surface area contributed by atoms with E-state index in [0.717, 1.165) is 4.47 Å². The Morgan fingerprint density at radius 3 is 2.79 bits per heavy atom. The van der Waals surface area contributed by atoms with E-state index in [-0.39, 0.29) is 5.56 Å². The van der Waals surface area contributed by atoms with E-state index in [1.165, 1.54) is 18.0 Å². The maximum absolute atomic E-state index is 12.9. The Morgan fingerprint density at radius 1 is 1.31 bits per heavy atom. The molecule has 0 radical (unpaired) electrons. The quantitative estimate of drug-likeness (QED) is 0.410. The first-order valence-electron chi connectivity index (χ1n) is 8.57. The van der Waals surface area contributed by atoms with Gasteiger partial charge in [-0.2, -0.15) is 9.78 Å². The second-order valence-electron chi connectivity index (χ2n) is 6.15. The highest BCUT2D eigenvalue weighted by molar-refractivity contribution is 9.10. The largest absolute Gasteiger partial charge is 0.478 e. The van der Waals surface area contributed by atoms with E-state index in [1.807, 2.05) is 6.07 Å². The van der Waals surface area contributed by atoms with Gasteiger partial charge in [0.1, 0.15) is 11.6 Å². The molecule has 0 amide bonds. The van der Waals surface area contributed by atoms with E-state index < -0.39 is 12.1 Å². The lowest BCUT2D eigenvalue weighted by Crippen LogP contribution is -2.25. The molecule has 1 aromatic heterocycles. The predicted octanol–water partition coefficient (Wildman–Crippen LogP) is 3.94. The van der Waals surface area contributed by atoms with Gasteiger partial charge in [0, 0.05) is 15.1 Å². The van der Waals surface area contributed by atoms with E-state index in [4.69, 9.17) is 16.3 Å². The summed E-state index contributed by atoms with van der Waals surface area (Å²) < 4.78 is 12.3. The summed E-state index contributed by atoms with van der Waals surface area (Å²) in [5.41, 5.74) is 0.771. The zero-order valence-corrected chi connectivity index (χ0v) is 18.2. The van der Waals surface area contributed by atoms with Gasteiger partial charge in [-0.3, -0.25) is 4.79 Å². The number of carbonyl (C=O) groups excluding carboxylic acids is 1. The minimum absolute atomic E-state index is 0.308. The van der Waals surface area contributed by atoms with Gasteiger partial charge < -0.3 is 9.47 Å². The molecule has 0 N–H and O–H groups in total. The van der Waals surface area contributed by atoms with Crippen molar-refractivity contribution >= 4 is 50.6 Å². The van der Waals surface area contributed by atoms with Crippen LogP contribution in [0.3, 0.4) is 0 Å². The van der Waals surface area contributed by atoms with E-state index in [2.05, 4.69) is 30.8 Å². The van der Waals surface area contributed by atoms with Gasteiger partial charge in [-0.05, 0) is 50.2 Å². The highest BCUT2D eigenvalue weighted by Gasteiger charge is 2.16. The van der Waals surface area contributed by atoms with Gasteiger partial charge in [0.05, 0.1) is 24.2 Å². The molecule has 3 aromatic rings. The second-order valence-corrected chi connectivity index (χ2v) is 7.50. The number of nitrogens with zero attached hydrogens (tertiary/aromatic N) is 3. The molecule has 1 heterocycles. The van der Waals surface area contributed by atoms with Crippen molar-refractivity contribution in [1.82, 2.24) is 9.66 Å². The van der Waals surface area contributed by atoms with E-state index in [1.54, 1.807) is 44.2 Å². The Hall–Kier alpha value is -2.71. The van der Waals surface area contributed by atoms with E-state index >= 15 is 0 Å². The van der Waals surface area contributed by atoms with Crippen LogP contribution in [0, 0.1) is 6.92 Å². The lowest BCUT2D eigenvalue weighted by Gasteiger charge is -2.14. The van der Waals surface area contributed by atoms with Crippen LogP contribution in [0.1, 0.15) is 18.3 Å². The first kappa shape index (κ1) is 21.0. The normalized spacial score (nSPS) is 12.3. The number of aromatic nitrogens is 2.